The average molecular weight is 561 g/mol. The summed E-state index contributed by atoms with van der Waals surface area (Å²) in [7, 11) is 1.71. The number of piperazine rings is 1. The summed E-state index contributed by atoms with van der Waals surface area (Å²) in [5.74, 6) is 0.339. The third kappa shape index (κ3) is 7.14. The normalized spacial score (nSPS) is 16.2. The molecule has 2 N–H and O–H groups in total. The Morgan fingerprint density at radius 2 is 1.70 bits per heavy atom. The molecule has 2 aliphatic heterocycles. The molecular weight excluding hydrogens is 526 g/mol. The van der Waals surface area contributed by atoms with Crippen molar-refractivity contribution in [3.8, 4) is 11.4 Å². The third-order valence-corrected chi connectivity index (χ3v) is 6.68. The monoisotopic (exact) mass is 560 g/mol. The molecule has 2 saturated heterocycles. The number of morpholine rings is 1. The van der Waals surface area contributed by atoms with Crippen LogP contribution in [-0.2, 0) is 14.3 Å². The van der Waals surface area contributed by atoms with Gasteiger partial charge in [0.05, 0.1) is 18.8 Å². The number of carbonyl (C=O) groups is 2. The quantitative estimate of drug-likeness (QED) is 0.441. The summed E-state index contributed by atoms with van der Waals surface area (Å²) in [6.07, 6.45) is 2.37. The van der Waals surface area contributed by atoms with Gasteiger partial charge in [0.25, 0.3) is 6.43 Å². The maximum absolute atomic E-state index is 13.8. The van der Waals surface area contributed by atoms with Gasteiger partial charge in [-0.05, 0) is 19.4 Å². The number of ether oxygens (including phenoxy) is 1. The largest absolute Gasteiger partial charge is 0.378 e. The molecule has 2 aromatic rings. The first kappa shape index (κ1) is 29.0. The van der Waals surface area contributed by atoms with Crippen LogP contribution in [0.4, 0.5) is 26.6 Å². The molecule has 4 heterocycles. The van der Waals surface area contributed by atoms with E-state index >= 15 is 0 Å². The van der Waals surface area contributed by atoms with Gasteiger partial charge in [0.1, 0.15) is 5.69 Å². The minimum absolute atomic E-state index is 0.0115. The SMILES string of the molecule is C/C=C/C(=O)N(C)CCCC(=O)N1CCN(c2nc(-c3cnc(N)nc3C(F)F)nc(N3CCOCC3)n2)CC1. The maximum atomic E-state index is 13.8. The fourth-order valence-electron chi connectivity index (χ4n) is 4.43. The lowest BCUT2D eigenvalue weighted by molar-refractivity contribution is -0.132. The average Bonchev–Trinajstić information content (AvgIpc) is 2.97. The second-order valence-corrected chi connectivity index (χ2v) is 9.42. The highest BCUT2D eigenvalue weighted by atomic mass is 19.3. The Balaban J connectivity index is 1.47. The maximum Gasteiger partial charge on any atom is 0.281 e. The highest BCUT2D eigenvalue weighted by Gasteiger charge is 2.27. The number of nitrogens with two attached hydrogens (primary N) is 1. The van der Waals surface area contributed by atoms with Crippen molar-refractivity contribution < 1.29 is 23.1 Å². The lowest BCUT2D eigenvalue weighted by atomic mass is 10.2. The molecule has 0 aliphatic carbocycles. The van der Waals surface area contributed by atoms with Crippen LogP contribution < -0.4 is 15.5 Å². The minimum atomic E-state index is -2.90. The lowest BCUT2D eigenvalue weighted by Gasteiger charge is -2.35. The lowest BCUT2D eigenvalue weighted by Crippen LogP contribution is -2.49. The van der Waals surface area contributed by atoms with Crippen LogP contribution in [0.15, 0.2) is 18.3 Å². The number of likely N-dealkylation sites (N-methyl/N-ethyl adjacent to an activating group) is 1. The number of hydrogen-bond donors (Lipinski definition) is 1. The number of rotatable bonds is 9. The topological polar surface area (TPSA) is 147 Å². The molecule has 0 unspecified atom stereocenters. The number of anilines is 3. The highest BCUT2D eigenvalue weighted by Crippen LogP contribution is 2.30. The van der Waals surface area contributed by atoms with E-state index in [2.05, 4.69) is 24.9 Å². The van der Waals surface area contributed by atoms with Gasteiger partial charge in [-0.1, -0.05) is 6.08 Å². The van der Waals surface area contributed by atoms with E-state index < -0.39 is 12.1 Å². The Morgan fingerprint density at radius 1 is 1.05 bits per heavy atom. The molecule has 0 radical (unpaired) electrons. The Morgan fingerprint density at radius 3 is 2.33 bits per heavy atom. The van der Waals surface area contributed by atoms with Crippen LogP contribution in [0.1, 0.15) is 31.9 Å². The number of nitrogens with zero attached hydrogens (tertiary/aromatic N) is 9. The molecule has 4 rings (SSSR count). The van der Waals surface area contributed by atoms with Gasteiger partial charge in [-0.3, -0.25) is 9.59 Å². The van der Waals surface area contributed by atoms with E-state index in [1.807, 2.05) is 9.80 Å². The Kier molecular flexibility index (Phi) is 9.69. The van der Waals surface area contributed by atoms with Crippen molar-refractivity contribution in [3.63, 3.8) is 0 Å². The van der Waals surface area contributed by atoms with Crippen molar-refractivity contribution >= 4 is 29.7 Å². The number of carbonyl (C=O) groups excluding carboxylic acids is 2. The van der Waals surface area contributed by atoms with Crippen molar-refractivity contribution in [3.05, 3.63) is 24.0 Å². The summed E-state index contributed by atoms with van der Waals surface area (Å²) < 4.78 is 33.1. The summed E-state index contributed by atoms with van der Waals surface area (Å²) in [5.41, 5.74) is 4.98. The number of halogens is 2. The number of alkyl halides is 2. The summed E-state index contributed by atoms with van der Waals surface area (Å²) >= 11 is 0. The minimum Gasteiger partial charge on any atom is -0.378 e. The molecule has 40 heavy (non-hydrogen) atoms. The molecule has 2 amide bonds. The van der Waals surface area contributed by atoms with E-state index in [0.29, 0.717) is 83.8 Å². The van der Waals surface area contributed by atoms with Crippen LogP contribution in [0.25, 0.3) is 11.4 Å². The van der Waals surface area contributed by atoms with E-state index in [9.17, 15) is 18.4 Å². The molecule has 13 nitrogen and oxygen atoms in total. The van der Waals surface area contributed by atoms with Gasteiger partial charge in [0, 0.05) is 65.5 Å². The van der Waals surface area contributed by atoms with Crippen molar-refractivity contribution in [1.82, 2.24) is 34.7 Å². The predicted octanol–water partition coefficient (Wildman–Crippen LogP) is 1.15. The molecule has 2 aromatic heterocycles. The number of amides is 2. The van der Waals surface area contributed by atoms with Gasteiger partial charge < -0.3 is 30.1 Å². The van der Waals surface area contributed by atoms with Crippen molar-refractivity contribution in [1.29, 1.82) is 0 Å². The van der Waals surface area contributed by atoms with Gasteiger partial charge in [-0.15, -0.1) is 0 Å². The fraction of sp³-hybridized carbons (Fsp3) is 0.560. The van der Waals surface area contributed by atoms with Crippen LogP contribution in [0.3, 0.4) is 0 Å². The summed E-state index contributed by atoms with van der Waals surface area (Å²) in [6.45, 7) is 6.15. The fourth-order valence-corrected chi connectivity index (χ4v) is 4.43. The molecule has 2 fully saturated rings. The van der Waals surface area contributed by atoms with E-state index in [-0.39, 0.29) is 29.2 Å². The molecule has 0 spiro atoms. The smallest absolute Gasteiger partial charge is 0.281 e. The van der Waals surface area contributed by atoms with Crippen LogP contribution >= 0.6 is 0 Å². The standard InChI is InChI=1S/C25H34F2N10O3/c1-3-5-18(38)34(2)7-4-6-19(39)35-8-10-36(11-9-35)24-31-22(17-16-29-23(28)30-20(17)21(26)27)32-25(33-24)37-12-14-40-15-13-37/h3,5,16,21H,4,6-15H2,1-2H3,(H2,28,29,30)/b5-3+. The molecule has 0 saturated carbocycles. The van der Waals surface area contributed by atoms with E-state index in [4.69, 9.17) is 10.5 Å². The number of allylic oxidation sites excluding steroid dienone is 1. The van der Waals surface area contributed by atoms with E-state index in [1.54, 1.807) is 29.8 Å². The molecule has 2 aliphatic rings. The zero-order valence-electron chi connectivity index (χ0n) is 22.7. The molecule has 0 atom stereocenters. The zero-order valence-corrected chi connectivity index (χ0v) is 22.7. The van der Waals surface area contributed by atoms with Crippen LogP contribution in [-0.4, -0.2) is 113 Å². The molecule has 15 heteroatoms. The number of hydrogen-bond acceptors (Lipinski definition) is 11. The molecule has 216 valence electrons. The number of aromatic nitrogens is 5. The molecular formula is C25H34F2N10O3. The van der Waals surface area contributed by atoms with E-state index in [1.165, 1.54) is 12.3 Å². The van der Waals surface area contributed by atoms with E-state index in [0.717, 1.165) is 0 Å². The second-order valence-electron chi connectivity index (χ2n) is 9.42. The van der Waals surface area contributed by atoms with Crippen molar-refractivity contribution in [2.24, 2.45) is 0 Å². The predicted molar refractivity (Wildman–Crippen MR) is 144 cm³/mol. The number of nitrogen functional groups attached to an aromatic ring is 1. The molecule has 0 bridgehead atoms. The highest BCUT2D eigenvalue weighted by molar-refractivity contribution is 5.87. The second kappa shape index (κ2) is 13.4. The van der Waals surface area contributed by atoms with Crippen LogP contribution in [0, 0.1) is 0 Å². The van der Waals surface area contributed by atoms with Crippen LogP contribution in [0.2, 0.25) is 0 Å². The zero-order chi connectivity index (χ0) is 28.6. The van der Waals surface area contributed by atoms with Gasteiger partial charge in [0.2, 0.25) is 29.7 Å². The first-order chi connectivity index (χ1) is 19.3. The van der Waals surface area contributed by atoms with Gasteiger partial charge in [-0.2, -0.15) is 15.0 Å². The third-order valence-electron chi connectivity index (χ3n) is 6.68. The first-order valence-corrected chi connectivity index (χ1v) is 13.2. The van der Waals surface area contributed by atoms with Crippen molar-refractivity contribution in [2.75, 3.05) is 81.6 Å². The van der Waals surface area contributed by atoms with Gasteiger partial charge >= 0.3 is 0 Å². The van der Waals surface area contributed by atoms with Crippen LogP contribution in [0.5, 0.6) is 0 Å². The van der Waals surface area contributed by atoms with Gasteiger partial charge in [0.15, 0.2) is 5.82 Å². The Labute approximate surface area is 231 Å². The summed E-state index contributed by atoms with van der Waals surface area (Å²) in [6, 6.07) is 0. The summed E-state index contributed by atoms with van der Waals surface area (Å²) in [5, 5.41) is 0. The van der Waals surface area contributed by atoms with Crippen molar-refractivity contribution in [2.45, 2.75) is 26.2 Å². The molecule has 0 aromatic carbocycles. The Bertz CT molecular complexity index is 1220. The first-order valence-electron chi connectivity index (χ1n) is 13.2. The van der Waals surface area contributed by atoms with Gasteiger partial charge in [-0.25, -0.2) is 18.7 Å². The summed E-state index contributed by atoms with van der Waals surface area (Å²) in [4.78, 5) is 53.1. The Hall–Kier alpha value is -4.01.